The molecule has 2 unspecified atom stereocenters. The van der Waals surface area contributed by atoms with E-state index in [-0.39, 0.29) is 0 Å². The SMILES string of the molecule is COCC(O)CNC1CCCc2nc(-c3ccccc3)sc21. The summed E-state index contributed by atoms with van der Waals surface area (Å²) in [5.74, 6) is 0. The van der Waals surface area contributed by atoms with E-state index in [2.05, 4.69) is 17.4 Å². The number of hydrogen-bond acceptors (Lipinski definition) is 5. The highest BCUT2D eigenvalue weighted by atomic mass is 32.1. The maximum atomic E-state index is 9.81. The average molecular weight is 318 g/mol. The van der Waals surface area contributed by atoms with Crippen LogP contribution in [0.1, 0.15) is 29.5 Å². The number of hydrogen-bond donors (Lipinski definition) is 2. The first-order valence-corrected chi connectivity index (χ1v) is 8.55. The molecule has 0 amide bonds. The summed E-state index contributed by atoms with van der Waals surface area (Å²) in [6.07, 6.45) is 2.83. The predicted octanol–water partition coefficient (Wildman–Crippen LogP) is 2.78. The third kappa shape index (κ3) is 3.55. The number of thiazole rings is 1. The second-order valence-corrected chi connectivity index (χ2v) is 6.69. The first-order chi connectivity index (χ1) is 10.8. The molecule has 3 rings (SSSR count). The van der Waals surface area contributed by atoms with Crippen LogP contribution in [0.4, 0.5) is 0 Å². The minimum atomic E-state index is -0.461. The normalized spacial score (nSPS) is 18.9. The van der Waals surface area contributed by atoms with E-state index in [4.69, 9.17) is 9.72 Å². The number of rotatable bonds is 6. The van der Waals surface area contributed by atoms with Crippen molar-refractivity contribution in [2.75, 3.05) is 20.3 Å². The lowest BCUT2D eigenvalue weighted by atomic mass is 9.98. The van der Waals surface area contributed by atoms with Crippen molar-refractivity contribution in [2.24, 2.45) is 0 Å². The van der Waals surface area contributed by atoms with E-state index in [1.807, 2.05) is 18.2 Å². The summed E-state index contributed by atoms with van der Waals surface area (Å²) in [5.41, 5.74) is 2.40. The second kappa shape index (κ2) is 7.33. The lowest BCUT2D eigenvalue weighted by Crippen LogP contribution is -2.33. The number of benzene rings is 1. The van der Waals surface area contributed by atoms with Crippen LogP contribution in [0.15, 0.2) is 30.3 Å². The topological polar surface area (TPSA) is 54.4 Å². The molecule has 1 aliphatic rings. The van der Waals surface area contributed by atoms with Crippen molar-refractivity contribution in [2.45, 2.75) is 31.4 Å². The Kier molecular flexibility index (Phi) is 5.20. The number of aryl methyl sites for hydroxylation is 1. The van der Waals surface area contributed by atoms with Gasteiger partial charge in [-0.25, -0.2) is 4.98 Å². The number of aliphatic hydroxyl groups excluding tert-OH is 1. The van der Waals surface area contributed by atoms with Crippen LogP contribution in [0.5, 0.6) is 0 Å². The predicted molar refractivity (Wildman–Crippen MR) is 89.1 cm³/mol. The molecule has 1 aliphatic carbocycles. The molecule has 5 heteroatoms. The zero-order valence-corrected chi connectivity index (χ0v) is 13.6. The molecule has 22 heavy (non-hydrogen) atoms. The smallest absolute Gasteiger partial charge is 0.123 e. The Morgan fingerprint density at radius 2 is 2.23 bits per heavy atom. The maximum absolute atomic E-state index is 9.81. The fraction of sp³-hybridized carbons (Fsp3) is 0.471. The molecule has 2 aromatic rings. The minimum Gasteiger partial charge on any atom is -0.389 e. The number of nitrogens with zero attached hydrogens (tertiary/aromatic N) is 1. The quantitative estimate of drug-likeness (QED) is 0.860. The first kappa shape index (κ1) is 15.6. The molecule has 0 fully saturated rings. The lowest BCUT2D eigenvalue weighted by molar-refractivity contribution is 0.0623. The molecule has 2 N–H and O–H groups in total. The van der Waals surface area contributed by atoms with Gasteiger partial charge in [-0.05, 0) is 19.3 Å². The van der Waals surface area contributed by atoms with Crippen molar-refractivity contribution in [3.05, 3.63) is 40.9 Å². The summed E-state index contributed by atoms with van der Waals surface area (Å²) in [6.45, 7) is 0.918. The molecule has 0 saturated carbocycles. The van der Waals surface area contributed by atoms with Crippen LogP contribution in [0, 0.1) is 0 Å². The average Bonchev–Trinajstić information content (AvgIpc) is 2.99. The largest absolute Gasteiger partial charge is 0.389 e. The van der Waals surface area contributed by atoms with Crippen LogP contribution >= 0.6 is 11.3 Å². The van der Waals surface area contributed by atoms with Crippen molar-refractivity contribution in [3.63, 3.8) is 0 Å². The van der Waals surface area contributed by atoms with Gasteiger partial charge in [-0.3, -0.25) is 0 Å². The van der Waals surface area contributed by atoms with E-state index in [0.717, 1.165) is 24.3 Å². The van der Waals surface area contributed by atoms with Crippen LogP contribution < -0.4 is 5.32 Å². The van der Waals surface area contributed by atoms with Crippen LogP contribution in [0.3, 0.4) is 0 Å². The Morgan fingerprint density at radius 1 is 1.41 bits per heavy atom. The zero-order chi connectivity index (χ0) is 15.4. The van der Waals surface area contributed by atoms with Crippen LogP contribution in [0.25, 0.3) is 10.6 Å². The van der Waals surface area contributed by atoms with Crippen molar-refractivity contribution < 1.29 is 9.84 Å². The monoisotopic (exact) mass is 318 g/mol. The summed E-state index contributed by atoms with van der Waals surface area (Å²) in [5, 5.41) is 14.4. The van der Waals surface area contributed by atoms with Crippen LogP contribution in [0.2, 0.25) is 0 Å². The fourth-order valence-corrected chi connectivity index (χ4v) is 4.08. The van der Waals surface area contributed by atoms with Crippen molar-refractivity contribution in [1.82, 2.24) is 10.3 Å². The molecule has 0 bridgehead atoms. The number of methoxy groups -OCH3 is 1. The zero-order valence-electron chi connectivity index (χ0n) is 12.8. The lowest BCUT2D eigenvalue weighted by Gasteiger charge is -2.23. The van der Waals surface area contributed by atoms with E-state index in [1.54, 1.807) is 18.4 Å². The van der Waals surface area contributed by atoms with Gasteiger partial charge in [0.05, 0.1) is 18.4 Å². The van der Waals surface area contributed by atoms with E-state index in [1.165, 1.54) is 16.1 Å². The molecule has 0 radical (unpaired) electrons. The number of aliphatic hydroxyl groups is 1. The Hall–Kier alpha value is -1.27. The van der Waals surface area contributed by atoms with E-state index in [0.29, 0.717) is 19.2 Å². The molecule has 1 aromatic carbocycles. The Balaban J connectivity index is 1.74. The van der Waals surface area contributed by atoms with Gasteiger partial charge in [0.15, 0.2) is 0 Å². The number of ether oxygens (including phenoxy) is 1. The van der Waals surface area contributed by atoms with Crippen molar-refractivity contribution in [3.8, 4) is 10.6 Å². The van der Waals surface area contributed by atoms with Gasteiger partial charge in [-0.2, -0.15) is 0 Å². The molecular weight excluding hydrogens is 296 g/mol. The Bertz CT molecular complexity index is 600. The highest BCUT2D eigenvalue weighted by Crippen LogP contribution is 2.37. The van der Waals surface area contributed by atoms with Gasteiger partial charge < -0.3 is 15.2 Å². The van der Waals surface area contributed by atoms with Gasteiger partial charge in [0.2, 0.25) is 0 Å². The first-order valence-electron chi connectivity index (χ1n) is 7.73. The summed E-state index contributed by atoms with van der Waals surface area (Å²) in [7, 11) is 1.61. The van der Waals surface area contributed by atoms with E-state index in [9.17, 15) is 5.11 Å². The summed E-state index contributed by atoms with van der Waals surface area (Å²) < 4.78 is 4.98. The number of fused-ring (bicyclic) bond motifs is 1. The molecule has 4 nitrogen and oxygen atoms in total. The third-order valence-corrected chi connectivity index (χ3v) is 5.19. The number of aromatic nitrogens is 1. The number of nitrogens with one attached hydrogen (secondary N) is 1. The summed E-state index contributed by atoms with van der Waals surface area (Å²) in [6, 6.07) is 10.6. The van der Waals surface area contributed by atoms with Crippen molar-refractivity contribution >= 4 is 11.3 Å². The molecule has 2 atom stereocenters. The molecule has 0 saturated heterocycles. The van der Waals surface area contributed by atoms with E-state index < -0.39 is 6.10 Å². The highest BCUT2D eigenvalue weighted by Gasteiger charge is 2.25. The molecule has 0 aliphatic heterocycles. The molecule has 1 heterocycles. The maximum Gasteiger partial charge on any atom is 0.123 e. The summed E-state index contributed by atoms with van der Waals surface area (Å²) >= 11 is 1.78. The molecular formula is C17H22N2O2S. The molecule has 0 spiro atoms. The van der Waals surface area contributed by atoms with E-state index >= 15 is 0 Å². The Labute approximate surface area is 135 Å². The fourth-order valence-electron chi connectivity index (χ4n) is 2.85. The van der Waals surface area contributed by atoms with Gasteiger partial charge in [-0.1, -0.05) is 30.3 Å². The minimum absolute atomic E-state index is 0.296. The summed E-state index contributed by atoms with van der Waals surface area (Å²) in [4.78, 5) is 6.15. The van der Waals surface area contributed by atoms with Crippen molar-refractivity contribution in [1.29, 1.82) is 0 Å². The Morgan fingerprint density at radius 3 is 3.00 bits per heavy atom. The third-order valence-electron chi connectivity index (χ3n) is 3.93. The molecule has 118 valence electrons. The molecule has 1 aromatic heterocycles. The standard InChI is InChI=1S/C17H22N2O2S/c1-21-11-13(20)10-18-14-8-5-9-15-16(14)22-17(19-15)12-6-3-2-4-7-12/h2-4,6-7,13-14,18,20H,5,8-11H2,1H3. The van der Waals surface area contributed by atoms with Crippen LogP contribution in [-0.4, -0.2) is 36.5 Å². The van der Waals surface area contributed by atoms with Gasteiger partial charge in [0, 0.05) is 30.1 Å². The van der Waals surface area contributed by atoms with Gasteiger partial charge in [0.25, 0.3) is 0 Å². The highest BCUT2D eigenvalue weighted by molar-refractivity contribution is 7.15. The van der Waals surface area contributed by atoms with Gasteiger partial charge in [-0.15, -0.1) is 11.3 Å². The van der Waals surface area contributed by atoms with Gasteiger partial charge in [0.1, 0.15) is 5.01 Å². The van der Waals surface area contributed by atoms with Gasteiger partial charge >= 0.3 is 0 Å². The second-order valence-electron chi connectivity index (χ2n) is 5.66. The van der Waals surface area contributed by atoms with Crippen LogP contribution in [-0.2, 0) is 11.2 Å².